The number of amides is 3. The van der Waals surface area contributed by atoms with E-state index in [1.54, 1.807) is 0 Å². The van der Waals surface area contributed by atoms with E-state index in [0.29, 0.717) is 17.9 Å². The van der Waals surface area contributed by atoms with Crippen LogP contribution in [0.4, 0.5) is 0 Å². The summed E-state index contributed by atoms with van der Waals surface area (Å²) in [5.74, 6) is -2.34. The summed E-state index contributed by atoms with van der Waals surface area (Å²) >= 11 is 1.46. The third-order valence-electron chi connectivity index (χ3n) is 4.84. The van der Waals surface area contributed by atoms with Crippen molar-refractivity contribution in [2.75, 3.05) is 18.6 Å². The highest BCUT2D eigenvalue weighted by Gasteiger charge is 2.27. The number of nitrogens with two attached hydrogens (primary N) is 1. The number of hydrogen-bond acceptors (Lipinski definition) is 7. The number of carboxylic acid groups (broad SMARTS) is 1. The summed E-state index contributed by atoms with van der Waals surface area (Å²) in [5, 5.41) is 16.8. The second kappa shape index (κ2) is 13.7. The van der Waals surface area contributed by atoms with E-state index in [1.807, 2.05) is 20.1 Å². The first-order valence-corrected chi connectivity index (χ1v) is 11.4. The number of rotatable bonds is 14. The van der Waals surface area contributed by atoms with Crippen LogP contribution in [0.3, 0.4) is 0 Å². The summed E-state index contributed by atoms with van der Waals surface area (Å²) in [4.78, 5) is 55.3. The Morgan fingerprint density at radius 1 is 1.23 bits per heavy atom. The molecular formula is C19H32N6O5S. The lowest BCUT2D eigenvalue weighted by Gasteiger charge is -2.22. The third kappa shape index (κ3) is 9.39. The molecule has 11 nitrogen and oxygen atoms in total. The Balaban J connectivity index is 2.76. The van der Waals surface area contributed by atoms with Gasteiger partial charge in [0.2, 0.25) is 17.7 Å². The highest BCUT2D eigenvalue weighted by atomic mass is 32.2. The van der Waals surface area contributed by atoms with Gasteiger partial charge in [-0.3, -0.25) is 14.4 Å². The zero-order chi connectivity index (χ0) is 23.4. The van der Waals surface area contributed by atoms with Gasteiger partial charge in [-0.05, 0) is 24.3 Å². The molecule has 1 aromatic rings. The number of carboxylic acids is 1. The molecule has 4 unspecified atom stereocenters. The maximum atomic E-state index is 12.7. The second-order valence-corrected chi connectivity index (χ2v) is 8.20. The summed E-state index contributed by atoms with van der Waals surface area (Å²) in [7, 11) is 0. The van der Waals surface area contributed by atoms with Gasteiger partial charge in [-0.15, -0.1) is 0 Å². The van der Waals surface area contributed by atoms with E-state index in [9.17, 15) is 24.3 Å². The number of H-pyrrole nitrogens is 1. The fraction of sp³-hybridized carbons (Fsp3) is 0.632. The fourth-order valence-corrected chi connectivity index (χ4v) is 3.11. The monoisotopic (exact) mass is 456 g/mol. The molecule has 0 bridgehead atoms. The minimum absolute atomic E-state index is 0.0452. The van der Waals surface area contributed by atoms with Gasteiger partial charge in [0, 0.05) is 18.3 Å². The lowest BCUT2D eigenvalue weighted by molar-refractivity contribution is -0.142. The van der Waals surface area contributed by atoms with E-state index in [1.165, 1.54) is 24.3 Å². The lowest BCUT2D eigenvalue weighted by atomic mass is 9.99. The summed E-state index contributed by atoms with van der Waals surface area (Å²) < 4.78 is 0. The number of carbonyl (C=O) groups is 4. The maximum absolute atomic E-state index is 12.7. The molecule has 3 amide bonds. The van der Waals surface area contributed by atoms with Gasteiger partial charge in [-0.1, -0.05) is 20.3 Å². The van der Waals surface area contributed by atoms with Crippen LogP contribution in [0, 0.1) is 5.92 Å². The smallest absolute Gasteiger partial charge is 0.326 e. The molecular weight excluding hydrogens is 424 g/mol. The Hall–Kier alpha value is -2.60. The summed E-state index contributed by atoms with van der Waals surface area (Å²) in [6.45, 7) is 3.39. The average molecular weight is 457 g/mol. The van der Waals surface area contributed by atoms with Gasteiger partial charge in [-0.25, -0.2) is 9.78 Å². The highest BCUT2D eigenvalue weighted by molar-refractivity contribution is 7.98. The van der Waals surface area contributed by atoms with Gasteiger partial charge < -0.3 is 31.8 Å². The molecule has 1 aromatic heterocycles. The lowest BCUT2D eigenvalue weighted by Crippen LogP contribution is -2.54. The van der Waals surface area contributed by atoms with Gasteiger partial charge in [0.05, 0.1) is 18.9 Å². The zero-order valence-corrected chi connectivity index (χ0v) is 18.8. The van der Waals surface area contributed by atoms with E-state index in [2.05, 4.69) is 25.9 Å². The molecule has 0 fully saturated rings. The van der Waals surface area contributed by atoms with Crippen LogP contribution in [0.1, 0.15) is 32.4 Å². The number of nitrogens with one attached hydrogen (secondary N) is 4. The van der Waals surface area contributed by atoms with Crippen LogP contribution in [0.15, 0.2) is 12.5 Å². The van der Waals surface area contributed by atoms with Gasteiger partial charge in [0.25, 0.3) is 0 Å². The maximum Gasteiger partial charge on any atom is 0.326 e. The van der Waals surface area contributed by atoms with Crippen molar-refractivity contribution in [3.05, 3.63) is 18.2 Å². The highest BCUT2D eigenvalue weighted by Crippen LogP contribution is 2.06. The molecule has 0 radical (unpaired) electrons. The summed E-state index contributed by atoms with van der Waals surface area (Å²) in [6.07, 6.45) is 5.81. The standard InChI is InChI=1S/C19H32N6O5S/c1-4-11(2)16(20)18(28)22-9-15(26)24-14(7-12-8-21-10-23-12)17(27)25-13(19(29)30)5-6-31-3/h8,10-11,13-14,16H,4-7,9,20H2,1-3H3,(H,21,23)(H,22,28)(H,24,26)(H,25,27)(H,29,30). The van der Waals surface area contributed by atoms with Crippen LogP contribution in [-0.2, 0) is 25.6 Å². The molecule has 0 spiro atoms. The van der Waals surface area contributed by atoms with Crippen LogP contribution >= 0.6 is 11.8 Å². The quantitative estimate of drug-likeness (QED) is 0.211. The first-order chi connectivity index (χ1) is 14.7. The number of imidazole rings is 1. The number of thioether (sulfide) groups is 1. The van der Waals surface area contributed by atoms with Crippen LogP contribution in [0.2, 0.25) is 0 Å². The molecule has 174 valence electrons. The molecule has 0 saturated heterocycles. The van der Waals surface area contributed by atoms with Crippen molar-refractivity contribution in [3.8, 4) is 0 Å². The van der Waals surface area contributed by atoms with E-state index >= 15 is 0 Å². The van der Waals surface area contributed by atoms with Crippen LogP contribution in [-0.4, -0.2) is 75.4 Å². The van der Waals surface area contributed by atoms with Crippen molar-refractivity contribution < 1.29 is 24.3 Å². The van der Waals surface area contributed by atoms with Crippen molar-refractivity contribution in [3.63, 3.8) is 0 Å². The SMILES string of the molecule is CCC(C)C(N)C(=O)NCC(=O)NC(Cc1cnc[nH]1)C(=O)NC(CCSC)C(=O)O. The third-order valence-corrected chi connectivity index (χ3v) is 5.48. The average Bonchev–Trinajstić information content (AvgIpc) is 3.26. The Labute approximate surface area is 185 Å². The van der Waals surface area contributed by atoms with Gasteiger partial charge in [0.1, 0.15) is 12.1 Å². The van der Waals surface area contributed by atoms with Crippen LogP contribution in [0.25, 0.3) is 0 Å². The van der Waals surface area contributed by atoms with E-state index in [0.717, 1.165) is 0 Å². The molecule has 0 aromatic carbocycles. The van der Waals surface area contributed by atoms with Crippen molar-refractivity contribution in [2.24, 2.45) is 11.7 Å². The van der Waals surface area contributed by atoms with Gasteiger partial charge in [-0.2, -0.15) is 11.8 Å². The first kappa shape index (κ1) is 26.4. The summed E-state index contributed by atoms with van der Waals surface area (Å²) in [5.41, 5.74) is 6.43. The van der Waals surface area contributed by atoms with Crippen molar-refractivity contribution in [1.29, 1.82) is 0 Å². The predicted molar refractivity (Wildman–Crippen MR) is 117 cm³/mol. The molecule has 31 heavy (non-hydrogen) atoms. The topological polar surface area (TPSA) is 179 Å². The Bertz CT molecular complexity index is 729. The molecule has 0 saturated carbocycles. The number of carbonyl (C=O) groups excluding carboxylic acids is 3. The number of nitrogens with zero attached hydrogens (tertiary/aromatic N) is 1. The Morgan fingerprint density at radius 3 is 2.48 bits per heavy atom. The number of hydrogen-bond donors (Lipinski definition) is 6. The Morgan fingerprint density at radius 2 is 1.94 bits per heavy atom. The summed E-state index contributed by atoms with van der Waals surface area (Å²) in [6, 6.07) is -2.87. The van der Waals surface area contributed by atoms with Crippen molar-refractivity contribution >= 4 is 35.5 Å². The molecule has 12 heteroatoms. The van der Waals surface area contributed by atoms with E-state index in [-0.39, 0.29) is 25.3 Å². The number of aromatic amines is 1. The fourth-order valence-electron chi connectivity index (χ4n) is 2.63. The molecule has 0 aliphatic carbocycles. The van der Waals surface area contributed by atoms with Crippen LogP contribution < -0.4 is 21.7 Å². The van der Waals surface area contributed by atoms with E-state index < -0.39 is 41.8 Å². The Kier molecular flexibility index (Phi) is 11.6. The normalized spacial score (nSPS) is 14.7. The number of aliphatic carboxylic acids is 1. The first-order valence-electron chi connectivity index (χ1n) is 10.0. The largest absolute Gasteiger partial charge is 0.480 e. The van der Waals surface area contributed by atoms with Crippen LogP contribution in [0.5, 0.6) is 0 Å². The number of aromatic nitrogens is 2. The minimum Gasteiger partial charge on any atom is -0.480 e. The van der Waals surface area contributed by atoms with Crippen molar-refractivity contribution in [2.45, 2.75) is 51.2 Å². The second-order valence-electron chi connectivity index (χ2n) is 7.21. The zero-order valence-electron chi connectivity index (χ0n) is 18.0. The molecule has 4 atom stereocenters. The van der Waals surface area contributed by atoms with Crippen molar-refractivity contribution in [1.82, 2.24) is 25.9 Å². The van der Waals surface area contributed by atoms with Gasteiger partial charge in [0.15, 0.2) is 0 Å². The van der Waals surface area contributed by atoms with Gasteiger partial charge >= 0.3 is 5.97 Å². The van der Waals surface area contributed by atoms with E-state index in [4.69, 9.17) is 5.73 Å². The molecule has 7 N–H and O–H groups in total. The molecule has 0 aliphatic heterocycles. The minimum atomic E-state index is -1.15. The predicted octanol–water partition coefficient (Wildman–Crippen LogP) is -0.751. The molecule has 1 heterocycles. The molecule has 0 aliphatic rings. The molecule has 1 rings (SSSR count).